The Balaban J connectivity index is 1.93. The molecule has 1 saturated carbocycles. The van der Waals surface area contributed by atoms with Crippen molar-refractivity contribution in [2.45, 2.75) is 57.7 Å². The van der Waals surface area contributed by atoms with Gasteiger partial charge in [-0.3, -0.25) is 0 Å². The van der Waals surface area contributed by atoms with Crippen molar-refractivity contribution in [1.82, 2.24) is 5.32 Å². The van der Waals surface area contributed by atoms with E-state index in [2.05, 4.69) is 22.1 Å². The van der Waals surface area contributed by atoms with Gasteiger partial charge >= 0.3 is 6.18 Å². The first-order valence-electron chi connectivity index (χ1n) is 7.82. The lowest BCUT2D eigenvalue weighted by molar-refractivity contribution is -0.186. The number of halogens is 3. The maximum absolute atomic E-state index is 13.0. The lowest BCUT2D eigenvalue weighted by atomic mass is 9.76. The van der Waals surface area contributed by atoms with E-state index in [0.717, 1.165) is 25.8 Å². The van der Waals surface area contributed by atoms with Crippen molar-refractivity contribution in [1.29, 1.82) is 0 Å². The molecule has 0 aromatic carbocycles. The van der Waals surface area contributed by atoms with Crippen molar-refractivity contribution >= 4 is 11.3 Å². The Bertz CT molecular complexity index is 402. The fraction of sp³-hybridized carbons (Fsp3) is 0.750. The number of thiophene rings is 1. The van der Waals surface area contributed by atoms with Crippen LogP contribution in [0.2, 0.25) is 0 Å². The van der Waals surface area contributed by atoms with Gasteiger partial charge in [0.1, 0.15) is 0 Å². The van der Waals surface area contributed by atoms with Crippen LogP contribution in [0.5, 0.6) is 0 Å². The van der Waals surface area contributed by atoms with Crippen molar-refractivity contribution in [2.24, 2.45) is 11.8 Å². The van der Waals surface area contributed by atoms with Gasteiger partial charge in [0.15, 0.2) is 0 Å². The molecule has 1 nitrogen and oxygen atoms in total. The molecule has 1 aromatic rings. The Morgan fingerprint density at radius 1 is 1.38 bits per heavy atom. The van der Waals surface area contributed by atoms with Crippen LogP contribution in [0.3, 0.4) is 0 Å². The van der Waals surface area contributed by atoms with Crippen LogP contribution in [-0.4, -0.2) is 18.8 Å². The topological polar surface area (TPSA) is 12.0 Å². The number of hydrogen-bond acceptors (Lipinski definition) is 2. The highest BCUT2D eigenvalue weighted by molar-refractivity contribution is 7.07. The average Bonchev–Trinajstić information content (AvgIpc) is 2.96. The molecular weight excluding hydrogens is 295 g/mol. The molecule has 3 atom stereocenters. The molecule has 0 radical (unpaired) electrons. The van der Waals surface area contributed by atoms with Crippen molar-refractivity contribution in [3.05, 3.63) is 22.4 Å². The highest BCUT2D eigenvalue weighted by atomic mass is 32.1. The molecule has 0 bridgehead atoms. The van der Waals surface area contributed by atoms with E-state index in [1.807, 2.05) is 6.92 Å². The maximum Gasteiger partial charge on any atom is 0.391 e. The molecule has 5 heteroatoms. The summed E-state index contributed by atoms with van der Waals surface area (Å²) in [6, 6.07) is 2.31. The molecule has 2 rings (SSSR count). The molecule has 1 aliphatic rings. The molecule has 0 amide bonds. The Hall–Kier alpha value is -0.550. The Kier molecular flexibility index (Phi) is 6.11. The van der Waals surface area contributed by atoms with E-state index >= 15 is 0 Å². The molecule has 0 saturated heterocycles. The molecule has 3 unspecified atom stereocenters. The normalized spacial score (nSPS) is 25.0. The molecule has 120 valence electrons. The highest BCUT2D eigenvalue weighted by Gasteiger charge is 2.43. The van der Waals surface area contributed by atoms with Gasteiger partial charge in [0.2, 0.25) is 0 Å². The van der Waals surface area contributed by atoms with Crippen molar-refractivity contribution in [3.63, 3.8) is 0 Å². The molecule has 1 fully saturated rings. The Labute approximate surface area is 128 Å². The van der Waals surface area contributed by atoms with Crippen LogP contribution < -0.4 is 5.32 Å². The smallest absolute Gasteiger partial charge is 0.314 e. The second kappa shape index (κ2) is 7.63. The first kappa shape index (κ1) is 16.8. The monoisotopic (exact) mass is 319 g/mol. The molecule has 0 aliphatic heterocycles. The van der Waals surface area contributed by atoms with Crippen molar-refractivity contribution in [2.75, 3.05) is 6.54 Å². The third-order valence-electron chi connectivity index (χ3n) is 4.54. The molecule has 0 spiro atoms. The van der Waals surface area contributed by atoms with E-state index < -0.39 is 12.1 Å². The first-order chi connectivity index (χ1) is 10.0. The van der Waals surface area contributed by atoms with Crippen molar-refractivity contribution < 1.29 is 13.2 Å². The van der Waals surface area contributed by atoms with E-state index in [0.29, 0.717) is 19.3 Å². The van der Waals surface area contributed by atoms with Gasteiger partial charge in [0.25, 0.3) is 0 Å². The summed E-state index contributed by atoms with van der Waals surface area (Å²) in [7, 11) is 0. The van der Waals surface area contributed by atoms with E-state index in [-0.39, 0.29) is 12.0 Å². The van der Waals surface area contributed by atoms with Crippen LogP contribution in [0.1, 0.15) is 44.6 Å². The summed E-state index contributed by atoms with van der Waals surface area (Å²) in [5, 5.41) is 7.60. The second-order valence-corrected chi connectivity index (χ2v) is 6.78. The van der Waals surface area contributed by atoms with Crippen LogP contribution in [-0.2, 0) is 6.42 Å². The maximum atomic E-state index is 13.0. The van der Waals surface area contributed by atoms with E-state index in [1.54, 1.807) is 11.3 Å². The van der Waals surface area contributed by atoms with Crippen LogP contribution in [0, 0.1) is 11.8 Å². The van der Waals surface area contributed by atoms with Crippen LogP contribution in [0.25, 0.3) is 0 Å². The van der Waals surface area contributed by atoms with Gasteiger partial charge in [-0.05, 0) is 67.0 Å². The van der Waals surface area contributed by atoms with Gasteiger partial charge < -0.3 is 5.32 Å². The Morgan fingerprint density at radius 2 is 2.19 bits per heavy atom. The van der Waals surface area contributed by atoms with Crippen molar-refractivity contribution in [3.8, 4) is 0 Å². The average molecular weight is 319 g/mol. The third kappa shape index (κ3) is 4.99. The summed E-state index contributed by atoms with van der Waals surface area (Å²) in [6.45, 7) is 2.85. The van der Waals surface area contributed by atoms with Crippen LogP contribution >= 0.6 is 11.3 Å². The second-order valence-electron chi connectivity index (χ2n) is 6.00. The number of rotatable bonds is 6. The Morgan fingerprint density at radius 3 is 2.81 bits per heavy atom. The van der Waals surface area contributed by atoms with Gasteiger partial charge in [-0.1, -0.05) is 13.3 Å². The summed E-state index contributed by atoms with van der Waals surface area (Å²) in [5.74, 6) is -0.942. The van der Waals surface area contributed by atoms with E-state index in [1.165, 1.54) is 5.56 Å². The minimum atomic E-state index is -4.03. The molecule has 1 heterocycles. The largest absolute Gasteiger partial charge is 0.391 e. The zero-order valence-corrected chi connectivity index (χ0v) is 13.3. The van der Waals surface area contributed by atoms with Gasteiger partial charge in [0, 0.05) is 6.04 Å². The van der Waals surface area contributed by atoms with Gasteiger partial charge in [0.05, 0.1) is 5.92 Å². The number of hydrogen-bond donors (Lipinski definition) is 1. The van der Waals surface area contributed by atoms with E-state index in [4.69, 9.17) is 0 Å². The zero-order chi connectivity index (χ0) is 15.3. The summed E-state index contributed by atoms with van der Waals surface area (Å²) >= 11 is 1.67. The van der Waals surface area contributed by atoms with Crippen LogP contribution in [0.4, 0.5) is 13.2 Å². The molecule has 21 heavy (non-hydrogen) atoms. The number of aryl methyl sites for hydroxylation is 1. The number of alkyl halides is 3. The summed E-state index contributed by atoms with van der Waals surface area (Å²) in [4.78, 5) is 0. The summed E-state index contributed by atoms with van der Waals surface area (Å²) < 4.78 is 38.9. The SMILES string of the molecule is CCNC(CCc1ccsc1)C1CCCC(C(F)(F)F)C1. The predicted molar refractivity (Wildman–Crippen MR) is 81.6 cm³/mol. The summed E-state index contributed by atoms with van der Waals surface area (Å²) in [5.41, 5.74) is 1.30. The fourth-order valence-corrected chi connectivity index (χ4v) is 4.12. The fourth-order valence-electron chi connectivity index (χ4n) is 3.41. The summed E-state index contributed by atoms with van der Waals surface area (Å²) in [6.07, 6.45) is 0.0915. The molecular formula is C16H24F3NS. The van der Waals surface area contributed by atoms with Gasteiger partial charge in [-0.15, -0.1) is 0 Å². The third-order valence-corrected chi connectivity index (χ3v) is 5.27. The zero-order valence-electron chi connectivity index (χ0n) is 12.5. The van der Waals surface area contributed by atoms with Crippen LogP contribution in [0.15, 0.2) is 16.8 Å². The van der Waals surface area contributed by atoms with Gasteiger partial charge in [-0.25, -0.2) is 0 Å². The standard InChI is InChI=1S/C16H24F3NS/c1-2-20-15(7-6-12-8-9-21-11-12)13-4-3-5-14(10-13)16(17,18)19/h8-9,11,13-15,20H,2-7,10H2,1H3. The highest BCUT2D eigenvalue weighted by Crippen LogP contribution is 2.41. The minimum Gasteiger partial charge on any atom is -0.314 e. The minimum absolute atomic E-state index is 0.156. The lowest BCUT2D eigenvalue weighted by Gasteiger charge is -2.36. The number of nitrogens with one attached hydrogen (secondary N) is 1. The lowest BCUT2D eigenvalue weighted by Crippen LogP contribution is -2.41. The van der Waals surface area contributed by atoms with Gasteiger partial charge in [-0.2, -0.15) is 24.5 Å². The predicted octanol–water partition coefficient (Wildman–Crippen LogP) is 5.03. The molecule has 1 aromatic heterocycles. The quantitative estimate of drug-likeness (QED) is 0.775. The molecule has 1 N–H and O–H groups in total. The first-order valence-corrected chi connectivity index (χ1v) is 8.76. The van der Waals surface area contributed by atoms with E-state index in [9.17, 15) is 13.2 Å². The molecule has 1 aliphatic carbocycles.